The van der Waals surface area contributed by atoms with Crippen LogP contribution in [0.5, 0.6) is 0 Å². The van der Waals surface area contributed by atoms with Crippen molar-refractivity contribution in [3.05, 3.63) is 0 Å². The number of rotatable bonds is 3. The van der Waals surface area contributed by atoms with E-state index < -0.39 is 0 Å². The predicted molar refractivity (Wildman–Crippen MR) is 69.4 cm³/mol. The van der Waals surface area contributed by atoms with Gasteiger partial charge in [-0.3, -0.25) is 0 Å². The normalized spacial score (nSPS) is 38.8. The van der Waals surface area contributed by atoms with Crippen LogP contribution in [-0.2, 0) is 0 Å². The fourth-order valence-electron chi connectivity index (χ4n) is 3.59. The van der Waals surface area contributed by atoms with Crippen molar-refractivity contribution in [2.45, 2.75) is 70.9 Å². The molecule has 0 heterocycles. The van der Waals surface area contributed by atoms with E-state index in [-0.39, 0.29) is 0 Å². The Balaban J connectivity index is 1.84. The summed E-state index contributed by atoms with van der Waals surface area (Å²) in [6.07, 6.45) is 9.55. The molecule has 2 fully saturated rings. The van der Waals surface area contributed by atoms with E-state index in [1.807, 2.05) is 0 Å². The van der Waals surface area contributed by atoms with Crippen molar-refractivity contribution >= 4 is 0 Å². The second kappa shape index (κ2) is 5.05. The standard InChI is InChI=1S/C14H28N2/c1-14(2)8-7-12(9-14)16-13-6-4-3-5-11(13)10-15/h11-13,16H,3-10,15H2,1-2H3. The Morgan fingerprint density at radius 2 is 1.94 bits per heavy atom. The van der Waals surface area contributed by atoms with Gasteiger partial charge in [-0.25, -0.2) is 0 Å². The van der Waals surface area contributed by atoms with Crippen LogP contribution < -0.4 is 11.1 Å². The predicted octanol–water partition coefficient (Wildman–Crippen LogP) is 2.67. The zero-order chi connectivity index (χ0) is 11.6. The Morgan fingerprint density at radius 3 is 2.56 bits per heavy atom. The summed E-state index contributed by atoms with van der Waals surface area (Å²) in [6.45, 7) is 5.67. The van der Waals surface area contributed by atoms with Gasteiger partial charge >= 0.3 is 0 Å². The van der Waals surface area contributed by atoms with Gasteiger partial charge in [-0.2, -0.15) is 0 Å². The van der Waals surface area contributed by atoms with Crippen LogP contribution >= 0.6 is 0 Å². The third-order valence-electron chi connectivity index (χ3n) is 4.63. The summed E-state index contributed by atoms with van der Waals surface area (Å²) in [6, 6.07) is 1.46. The van der Waals surface area contributed by atoms with Crippen LogP contribution in [-0.4, -0.2) is 18.6 Å². The first-order valence-electron chi connectivity index (χ1n) is 7.07. The maximum absolute atomic E-state index is 5.88. The lowest BCUT2D eigenvalue weighted by atomic mass is 9.84. The Bertz CT molecular complexity index is 225. The lowest BCUT2D eigenvalue weighted by Crippen LogP contribution is -2.46. The molecule has 3 atom stereocenters. The lowest BCUT2D eigenvalue weighted by molar-refractivity contribution is 0.241. The highest BCUT2D eigenvalue weighted by Crippen LogP contribution is 2.38. The molecular formula is C14H28N2. The molecule has 0 aromatic carbocycles. The van der Waals surface area contributed by atoms with Crippen LogP contribution in [0.15, 0.2) is 0 Å². The van der Waals surface area contributed by atoms with Crippen LogP contribution in [0.2, 0.25) is 0 Å². The maximum Gasteiger partial charge on any atom is 0.0110 e. The van der Waals surface area contributed by atoms with E-state index in [0.29, 0.717) is 11.5 Å². The molecule has 16 heavy (non-hydrogen) atoms. The molecule has 2 aliphatic rings. The molecule has 0 saturated heterocycles. The molecule has 2 heteroatoms. The molecule has 0 radical (unpaired) electrons. The first-order valence-corrected chi connectivity index (χ1v) is 7.07. The van der Waals surface area contributed by atoms with Gasteiger partial charge in [-0.1, -0.05) is 26.7 Å². The molecule has 94 valence electrons. The zero-order valence-corrected chi connectivity index (χ0v) is 11.0. The maximum atomic E-state index is 5.88. The van der Waals surface area contributed by atoms with Gasteiger partial charge in [0.2, 0.25) is 0 Å². The molecule has 2 saturated carbocycles. The number of hydrogen-bond donors (Lipinski definition) is 2. The Labute approximate surface area is 100 Å². The van der Waals surface area contributed by atoms with E-state index in [4.69, 9.17) is 5.73 Å². The van der Waals surface area contributed by atoms with E-state index in [1.54, 1.807) is 0 Å². The van der Waals surface area contributed by atoms with Crippen LogP contribution in [0.4, 0.5) is 0 Å². The monoisotopic (exact) mass is 224 g/mol. The molecule has 2 aliphatic carbocycles. The topological polar surface area (TPSA) is 38.0 Å². The van der Waals surface area contributed by atoms with Crippen molar-refractivity contribution in [1.29, 1.82) is 0 Å². The third kappa shape index (κ3) is 2.98. The van der Waals surface area contributed by atoms with Gasteiger partial charge in [0.05, 0.1) is 0 Å². The third-order valence-corrected chi connectivity index (χ3v) is 4.63. The van der Waals surface area contributed by atoms with Crippen molar-refractivity contribution in [1.82, 2.24) is 5.32 Å². The number of hydrogen-bond acceptors (Lipinski definition) is 2. The summed E-state index contributed by atoms with van der Waals surface area (Å²) in [5, 5.41) is 3.89. The first-order chi connectivity index (χ1) is 7.61. The lowest BCUT2D eigenvalue weighted by Gasteiger charge is -2.34. The van der Waals surface area contributed by atoms with E-state index in [2.05, 4.69) is 19.2 Å². The Morgan fingerprint density at radius 1 is 1.19 bits per heavy atom. The molecular weight excluding hydrogens is 196 g/mol. The Hall–Kier alpha value is -0.0800. The molecule has 2 rings (SSSR count). The van der Waals surface area contributed by atoms with Gasteiger partial charge in [0.15, 0.2) is 0 Å². The molecule has 2 nitrogen and oxygen atoms in total. The van der Waals surface area contributed by atoms with Gasteiger partial charge in [-0.15, -0.1) is 0 Å². The van der Waals surface area contributed by atoms with Crippen molar-refractivity contribution in [2.75, 3.05) is 6.54 Å². The second-order valence-corrected chi connectivity index (χ2v) is 6.66. The fourth-order valence-corrected chi connectivity index (χ4v) is 3.59. The molecule has 0 aromatic rings. The quantitative estimate of drug-likeness (QED) is 0.773. The minimum atomic E-state index is 0.560. The average molecular weight is 224 g/mol. The molecule has 0 bridgehead atoms. The van der Waals surface area contributed by atoms with Gasteiger partial charge in [0.25, 0.3) is 0 Å². The second-order valence-electron chi connectivity index (χ2n) is 6.66. The molecule has 0 aliphatic heterocycles. The summed E-state index contributed by atoms with van der Waals surface area (Å²) in [4.78, 5) is 0. The molecule has 0 amide bonds. The summed E-state index contributed by atoms with van der Waals surface area (Å²) < 4.78 is 0. The van der Waals surface area contributed by atoms with Crippen LogP contribution in [0.3, 0.4) is 0 Å². The molecule has 3 N–H and O–H groups in total. The molecule has 0 aromatic heterocycles. The highest BCUT2D eigenvalue weighted by molar-refractivity contribution is 4.91. The minimum absolute atomic E-state index is 0.560. The zero-order valence-electron chi connectivity index (χ0n) is 11.0. The van der Waals surface area contributed by atoms with Crippen LogP contribution in [0.1, 0.15) is 58.8 Å². The minimum Gasteiger partial charge on any atom is -0.330 e. The van der Waals surface area contributed by atoms with Crippen molar-refractivity contribution < 1.29 is 0 Å². The average Bonchev–Trinajstić information content (AvgIpc) is 2.59. The summed E-state index contributed by atoms with van der Waals surface area (Å²) >= 11 is 0. The van der Waals surface area contributed by atoms with Gasteiger partial charge in [0, 0.05) is 12.1 Å². The van der Waals surface area contributed by atoms with Crippen LogP contribution in [0, 0.1) is 11.3 Å². The smallest absolute Gasteiger partial charge is 0.0110 e. The highest BCUT2D eigenvalue weighted by atomic mass is 15.0. The number of nitrogens with one attached hydrogen (secondary N) is 1. The fraction of sp³-hybridized carbons (Fsp3) is 1.00. The largest absolute Gasteiger partial charge is 0.330 e. The van der Waals surface area contributed by atoms with Crippen molar-refractivity contribution in [3.8, 4) is 0 Å². The number of nitrogens with two attached hydrogens (primary N) is 1. The first kappa shape index (κ1) is 12.4. The van der Waals surface area contributed by atoms with Gasteiger partial charge < -0.3 is 11.1 Å². The van der Waals surface area contributed by atoms with E-state index >= 15 is 0 Å². The van der Waals surface area contributed by atoms with Gasteiger partial charge in [0.1, 0.15) is 0 Å². The SMILES string of the molecule is CC1(C)CCC(NC2CCCCC2CN)C1. The Kier molecular flexibility index (Phi) is 3.91. The van der Waals surface area contributed by atoms with Gasteiger partial charge in [-0.05, 0) is 50.0 Å². The summed E-state index contributed by atoms with van der Waals surface area (Å²) in [7, 11) is 0. The highest BCUT2D eigenvalue weighted by Gasteiger charge is 2.33. The van der Waals surface area contributed by atoms with Crippen LogP contribution in [0.25, 0.3) is 0 Å². The van der Waals surface area contributed by atoms with Crippen molar-refractivity contribution in [3.63, 3.8) is 0 Å². The van der Waals surface area contributed by atoms with E-state index in [9.17, 15) is 0 Å². The summed E-state index contributed by atoms with van der Waals surface area (Å²) in [5.41, 5.74) is 6.44. The van der Waals surface area contributed by atoms with Crippen molar-refractivity contribution in [2.24, 2.45) is 17.1 Å². The van der Waals surface area contributed by atoms with E-state index in [1.165, 1.54) is 44.9 Å². The molecule has 3 unspecified atom stereocenters. The molecule has 0 spiro atoms. The van der Waals surface area contributed by atoms with E-state index in [0.717, 1.165) is 18.5 Å². The summed E-state index contributed by atoms with van der Waals surface area (Å²) in [5.74, 6) is 0.734.